The van der Waals surface area contributed by atoms with Gasteiger partial charge in [0.15, 0.2) is 0 Å². The summed E-state index contributed by atoms with van der Waals surface area (Å²) in [5.41, 5.74) is -0.0938. The van der Waals surface area contributed by atoms with Crippen molar-refractivity contribution < 1.29 is 14.6 Å². The summed E-state index contributed by atoms with van der Waals surface area (Å²) in [4.78, 5) is 25.1. The van der Waals surface area contributed by atoms with Gasteiger partial charge in [0.1, 0.15) is 6.54 Å². The first-order valence-electron chi connectivity index (χ1n) is 6.60. The van der Waals surface area contributed by atoms with Crippen LogP contribution in [-0.4, -0.2) is 52.9 Å². The normalized spacial score (nSPS) is 17.9. The van der Waals surface area contributed by atoms with Crippen molar-refractivity contribution >= 4 is 17.2 Å². The van der Waals surface area contributed by atoms with Gasteiger partial charge in [0, 0.05) is 50.7 Å². The van der Waals surface area contributed by atoms with Gasteiger partial charge >= 0.3 is 4.87 Å². The average molecular weight is 300 g/mol. The third-order valence-electron chi connectivity index (χ3n) is 3.65. The van der Waals surface area contributed by atoms with E-state index in [1.807, 2.05) is 0 Å². The Balaban J connectivity index is 1.97. The molecule has 20 heavy (non-hydrogen) atoms. The number of aromatic nitrogens is 1. The molecule has 1 aromatic rings. The van der Waals surface area contributed by atoms with Crippen LogP contribution in [0.4, 0.5) is 0 Å². The number of thiazole rings is 1. The smallest absolute Gasteiger partial charge is 0.307 e. The van der Waals surface area contributed by atoms with E-state index in [0.29, 0.717) is 26.1 Å². The summed E-state index contributed by atoms with van der Waals surface area (Å²) in [7, 11) is 1.66. The van der Waals surface area contributed by atoms with Gasteiger partial charge in [-0.1, -0.05) is 11.3 Å². The van der Waals surface area contributed by atoms with Gasteiger partial charge in [0.2, 0.25) is 5.91 Å². The molecule has 1 aliphatic heterocycles. The van der Waals surface area contributed by atoms with E-state index in [0.717, 1.165) is 17.0 Å². The van der Waals surface area contributed by atoms with Crippen molar-refractivity contribution in [2.75, 3.05) is 26.8 Å². The van der Waals surface area contributed by atoms with E-state index in [9.17, 15) is 14.7 Å². The van der Waals surface area contributed by atoms with Gasteiger partial charge in [0.05, 0.1) is 5.60 Å². The minimum atomic E-state index is -0.878. The lowest BCUT2D eigenvalue weighted by Crippen LogP contribution is -2.48. The highest BCUT2D eigenvalue weighted by Gasteiger charge is 2.32. The molecular formula is C13H20N2O4S. The first-order valence-corrected chi connectivity index (χ1v) is 7.48. The number of aryl methyl sites for hydroxylation is 1. The number of carbonyl (C=O) groups is 1. The molecule has 0 radical (unpaired) electrons. The molecule has 0 bridgehead atoms. The van der Waals surface area contributed by atoms with Crippen LogP contribution >= 0.6 is 11.3 Å². The largest absolute Gasteiger partial charge is 0.388 e. The molecule has 2 heterocycles. The number of nitrogens with zero attached hydrogens (tertiary/aromatic N) is 2. The van der Waals surface area contributed by atoms with E-state index < -0.39 is 5.60 Å². The van der Waals surface area contributed by atoms with E-state index in [4.69, 9.17) is 4.74 Å². The van der Waals surface area contributed by atoms with E-state index in [-0.39, 0.29) is 23.9 Å². The van der Waals surface area contributed by atoms with Crippen molar-refractivity contribution in [1.29, 1.82) is 0 Å². The van der Waals surface area contributed by atoms with Gasteiger partial charge < -0.3 is 14.7 Å². The molecule has 2 rings (SSSR count). The molecule has 1 aromatic heterocycles. The van der Waals surface area contributed by atoms with Gasteiger partial charge in [-0.3, -0.25) is 14.2 Å². The highest BCUT2D eigenvalue weighted by molar-refractivity contribution is 7.07. The lowest BCUT2D eigenvalue weighted by molar-refractivity contribution is -0.137. The van der Waals surface area contributed by atoms with E-state index in [1.165, 1.54) is 9.47 Å². The standard InChI is InChI=1S/C13H20N2O4S/c1-10-8-20-12(17)15(10)7-11(16)14(2)9-13(18)3-5-19-6-4-13/h8,18H,3-7,9H2,1-2H3. The summed E-state index contributed by atoms with van der Waals surface area (Å²) in [5.74, 6) is -0.173. The first-order chi connectivity index (χ1) is 9.41. The molecule has 1 N–H and O–H groups in total. The first kappa shape index (κ1) is 15.2. The second-order valence-electron chi connectivity index (χ2n) is 5.32. The highest BCUT2D eigenvalue weighted by Crippen LogP contribution is 2.21. The quantitative estimate of drug-likeness (QED) is 0.863. The molecule has 0 saturated carbocycles. The van der Waals surface area contributed by atoms with Crippen LogP contribution in [0, 0.1) is 6.92 Å². The van der Waals surface area contributed by atoms with Crippen LogP contribution in [0.2, 0.25) is 0 Å². The van der Waals surface area contributed by atoms with Crippen LogP contribution in [0.25, 0.3) is 0 Å². The molecule has 112 valence electrons. The Morgan fingerprint density at radius 3 is 2.75 bits per heavy atom. The monoisotopic (exact) mass is 300 g/mol. The predicted molar refractivity (Wildman–Crippen MR) is 76.0 cm³/mol. The Morgan fingerprint density at radius 1 is 1.55 bits per heavy atom. The summed E-state index contributed by atoms with van der Waals surface area (Å²) in [6, 6.07) is 0. The number of likely N-dealkylation sites (N-methyl/N-ethyl adjacent to an activating group) is 1. The zero-order chi connectivity index (χ0) is 14.8. The van der Waals surface area contributed by atoms with Gasteiger partial charge in [-0.2, -0.15) is 0 Å². The Labute approximate surface area is 121 Å². The molecule has 1 saturated heterocycles. The van der Waals surface area contributed by atoms with Crippen molar-refractivity contribution in [3.8, 4) is 0 Å². The van der Waals surface area contributed by atoms with Crippen molar-refractivity contribution in [2.45, 2.75) is 31.9 Å². The van der Waals surface area contributed by atoms with Gasteiger partial charge in [-0.25, -0.2) is 0 Å². The maximum absolute atomic E-state index is 12.2. The lowest BCUT2D eigenvalue weighted by Gasteiger charge is -2.35. The molecule has 1 amide bonds. The number of carbonyl (C=O) groups excluding carboxylic acids is 1. The zero-order valence-corrected chi connectivity index (χ0v) is 12.6. The van der Waals surface area contributed by atoms with E-state index in [2.05, 4.69) is 0 Å². The van der Waals surface area contributed by atoms with Crippen molar-refractivity contribution in [3.63, 3.8) is 0 Å². The fourth-order valence-electron chi connectivity index (χ4n) is 2.29. The Hall–Kier alpha value is -1.18. The second-order valence-corrected chi connectivity index (χ2v) is 6.14. The minimum Gasteiger partial charge on any atom is -0.388 e. The van der Waals surface area contributed by atoms with Gasteiger partial charge in [0.25, 0.3) is 0 Å². The third kappa shape index (κ3) is 3.47. The summed E-state index contributed by atoms with van der Waals surface area (Å²) in [5, 5.41) is 12.1. The topological polar surface area (TPSA) is 71.8 Å². The number of ether oxygens (including phenoxy) is 1. The van der Waals surface area contributed by atoms with Crippen LogP contribution in [0.1, 0.15) is 18.5 Å². The maximum atomic E-state index is 12.2. The number of hydrogen-bond donors (Lipinski definition) is 1. The molecule has 0 atom stereocenters. The molecule has 0 unspecified atom stereocenters. The average Bonchev–Trinajstić information content (AvgIpc) is 2.70. The van der Waals surface area contributed by atoms with Crippen LogP contribution in [0.5, 0.6) is 0 Å². The summed E-state index contributed by atoms with van der Waals surface area (Å²) >= 11 is 1.09. The van der Waals surface area contributed by atoms with Gasteiger partial charge in [-0.05, 0) is 6.92 Å². The SMILES string of the molecule is Cc1csc(=O)n1CC(=O)N(C)CC1(O)CCOCC1. The molecule has 1 aliphatic rings. The summed E-state index contributed by atoms with van der Waals surface area (Å²) in [6.45, 7) is 3.13. The van der Waals surface area contributed by atoms with Crippen LogP contribution < -0.4 is 4.87 Å². The van der Waals surface area contributed by atoms with Crippen LogP contribution in [-0.2, 0) is 16.1 Å². The fourth-order valence-corrected chi connectivity index (χ4v) is 3.03. The molecular weight excluding hydrogens is 280 g/mol. The molecule has 1 fully saturated rings. The fraction of sp³-hybridized carbons (Fsp3) is 0.692. The van der Waals surface area contributed by atoms with Gasteiger partial charge in [-0.15, -0.1) is 0 Å². The van der Waals surface area contributed by atoms with E-state index >= 15 is 0 Å². The Bertz CT molecular complexity index is 531. The van der Waals surface area contributed by atoms with Crippen molar-refractivity contribution in [2.24, 2.45) is 0 Å². The maximum Gasteiger partial charge on any atom is 0.307 e. The Kier molecular flexibility index (Phi) is 4.62. The highest BCUT2D eigenvalue weighted by atomic mass is 32.1. The third-order valence-corrected chi connectivity index (χ3v) is 4.53. The van der Waals surface area contributed by atoms with Crippen molar-refractivity contribution in [1.82, 2.24) is 9.47 Å². The molecule has 0 aromatic carbocycles. The lowest BCUT2D eigenvalue weighted by atomic mass is 9.94. The minimum absolute atomic E-state index is 0.0250. The van der Waals surface area contributed by atoms with Crippen LogP contribution in [0.3, 0.4) is 0 Å². The molecule has 7 heteroatoms. The second kappa shape index (κ2) is 6.07. The van der Waals surface area contributed by atoms with Crippen molar-refractivity contribution in [3.05, 3.63) is 20.7 Å². The van der Waals surface area contributed by atoms with Crippen LogP contribution in [0.15, 0.2) is 10.2 Å². The zero-order valence-electron chi connectivity index (χ0n) is 11.8. The number of aliphatic hydroxyl groups is 1. The summed E-state index contributed by atoms with van der Waals surface area (Å²) in [6.07, 6.45) is 1.06. The molecule has 6 nitrogen and oxygen atoms in total. The van der Waals surface area contributed by atoms with E-state index in [1.54, 1.807) is 19.4 Å². The number of hydrogen-bond acceptors (Lipinski definition) is 5. The summed E-state index contributed by atoms with van der Waals surface area (Å²) < 4.78 is 6.67. The predicted octanol–water partition coefficient (Wildman–Crippen LogP) is 0.218. The Morgan fingerprint density at radius 2 is 2.20 bits per heavy atom. The number of rotatable bonds is 4. The molecule has 0 spiro atoms. The number of amides is 1. The molecule has 0 aliphatic carbocycles.